The van der Waals surface area contributed by atoms with E-state index in [1.54, 1.807) is 13.8 Å². The minimum Gasteiger partial charge on any atom is -0.486 e. The van der Waals surface area contributed by atoms with Crippen molar-refractivity contribution < 1.29 is 33.0 Å². The number of nitrogens with zero attached hydrogens (tertiary/aromatic N) is 3. The van der Waals surface area contributed by atoms with Crippen LogP contribution in [0.5, 0.6) is 11.5 Å². The van der Waals surface area contributed by atoms with Gasteiger partial charge in [0.1, 0.15) is 37.5 Å². The van der Waals surface area contributed by atoms with Gasteiger partial charge in [-0.15, -0.1) is 0 Å². The van der Waals surface area contributed by atoms with Crippen LogP contribution in [0.25, 0.3) is 0 Å². The molecular formula is C29H38FN5O6. The Morgan fingerprint density at radius 1 is 1.15 bits per heavy atom. The van der Waals surface area contributed by atoms with Crippen LogP contribution in [0.3, 0.4) is 0 Å². The Balaban J connectivity index is 1.45. The van der Waals surface area contributed by atoms with Crippen molar-refractivity contribution in [3.63, 3.8) is 0 Å². The number of halogens is 1. The van der Waals surface area contributed by atoms with E-state index in [4.69, 9.17) is 14.2 Å². The maximum absolute atomic E-state index is 15.0. The molecular weight excluding hydrogens is 533 g/mol. The number of amides is 3. The highest BCUT2D eigenvalue weighted by molar-refractivity contribution is 5.93. The number of rotatable bonds is 6. The molecule has 2 bridgehead atoms. The Kier molecular flexibility index (Phi) is 7.74. The van der Waals surface area contributed by atoms with Crippen LogP contribution in [0.1, 0.15) is 59.1 Å². The second kappa shape index (κ2) is 11.0. The van der Waals surface area contributed by atoms with Crippen LogP contribution in [-0.2, 0) is 14.3 Å². The summed E-state index contributed by atoms with van der Waals surface area (Å²) >= 11 is 0. The predicted octanol–water partition coefficient (Wildman–Crippen LogP) is 2.90. The molecule has 3 fully saturated rings. The molecule has 1 aromatic heterocycles. The van der Waals surface area contributed by atoms with Gasteiger partial charge in [0.05, 0.1) is 23.9 Å². The Hall–Kier alpha value is -3.62. The highest BCUT2D eigenvalue weighted by atomic mass is 19.1. The third kappa shape index (κ3) is 5.38. The van der Waals surface area contributed by atoms with Gasteiger partial charge in [-0.3, -0.25) is 14.6 Å². The summed E-state index contributed by atoms with van der Waals surface area (Å²) in [5.74, 6) is -0.996. The number of nitrogens with one attached hydrogen (secondary N) is 2. The fourth-order valence-corrected chi connectivity index (χ4v) is 7.06. The van der Waals surface area contributed by atoms with Crippen molar-refractivity contribution in [3.8, 4) is 17.6 Å². The molecule has 3 amide bonds. The molecule has 11 nitrogen and oxygen atoms in total. The van der Waals surface area contributed by atoms with Crippen molar-refractivity contribution in [2.45, 2.75) is 77.9 Å². The number of hydrogen-bond acceptors (Lipinski definition) is 8. The third-order valence-corrected chi connectivity index (χ3v) is 8.74. The quantitative estimate of drug-likeness (QED) is 0.531. The maximum Gasteiger partial charge on any atom is 0.408 e. The zero-order valence-electron chi connectivity index (χ0n) is 24.1. The number of hydrogen-bond donors (Lipinski definition) is 2. The van der Waals surface area contributed by atoms with E-state index in [-0.39, 0.29) is 37.0 Å². The van der Waals surface area contributed by atoms with Crippen molar-refractivity contribution >= 4 is 17.9 Å². The molecule has 0 radical (unpaired) electrons. The number of nitriles is 1. The molecule has 2 aliphatic heterocycles. The Labute approximate surface area is 239 Å². The van der Waals surface area contributed by atoms with Gasteiger partial charge in [0.2, 0.25) is 11.8 Å². The summed E-state index contributed by atoms with van der Waals surface area (Å²) in [4.78, 5) is 46.4. The summed E-state index contributed by atoms with van der Waals surface area (Å²) in [6, 6.07) is -1.04. The molecule has 1 unspecified atom stereocenters. The van der Waals surface area contributed by atoms with E-state index in [0.717, 1.165) is 0 Å². The monoisotopic (exact) mass is 571 g/mol. The number of carbonyl (C=O) groups is 3. The Bertz CT molecular complexity index is 1250. The SMILES string of the molecule is CC(C)OC(=O)N[C@H](C(=O)N1C[C@@H]2[C@H]3C[C@@H]([C@@H]2[C@H]1C(=O)NC(C#N)c1cncc2c1OCCO2)[C@H](F)C3)C(C)(C)C. The zero-order valence-corrected chi connectivity index (χ0v) is 24.1. The van der Waals surface area contributed by atoms with Crippen LogP contribution in [0.15, 0.2) is 12.4 Å². The molecule has 12 heteroatoms. The van der Waals surface area contributed by atoms with Gasteiger partial charge >= 0.3 is 6.09 Å². The first-order valence-electron chi connectivity index (χ1n) is 14.3. The van der Waals surface area contributed by atoms with Crippen molar-refractivity contribution in [2.75, 3.05) is 19.8 Å². The molecule has 2 N–H and O–H groups in total. The van der Waals surface area contributed by atoms with Crippen molar-refractivity contribution in [2.24, 2.45) is 29.1 Å². The van der Waals surface area contributed by atoms with Crippen LogP contribution in [0.2, 0.25) is 0 Å². The lowest BCUT2D eigenvalue weighted by Crippen LogP contribution is -2.59. The van der Waals surface area contributed by atoms with Gasteiger partial charge in [-0.2, -0.15) is 5.26 Å². The van der Waals surface area contributed by atoms with Crippen LogP contribution >= 0.6 is 0 Å². The standard InChI is InChI=1S/C29H38FN5O6/c1-14(2)41-28(38)34-25(29(3,4)5)27(37)35-13-18-15-8-16(19(30)9-15)22(18)23(35)26(36)33-20(10-31)17-11-32-12-21-24(17)40-7-6-39-21/h11-12,14-16,18-20,22-23,25H,6-9,13H2,1-5H3,(H,33,36)(H,34,38)/t15-,16+,18+,19+,20?,22-,23-,25+/m0/s1. The highest BCUT2D eigenvalue weighted by Gasteiger charge is 2.63. The smallest absolute Gasteiger partial charge is 0.408 e. The number of fused-ring (bicyclic) bond motifs is 6. The largest absolute Gasteiger partial charge is 0.486 e. The van der Waals surface area contributed by atoms with Gasteiger partial charge in [-0.1, -0.05) is 20.8 Å². The van der Waals surface area contributed by atoms with E-state index in [1.165, 1.54) is 17.3 Å². The van der Waals surface area contributed by atoms with Crippen LogP contribution < -0.4 is 20.1 Å². The molecule has 8 atom stereocenters. The summed E-state index contributed by atoms with van der Waals surface area (Å²) in [6.45, 7) is 9.77. The Morgan fingerprint density at radius 3 is 2.56 bits per heavy atom. The van der Waals surface area contributed by atoms with E-state index in [2.05, 4.69) is 21.7 Å². The topological polar surface area (TPSA) is 143 Å². The second-order valence-corrected chi connectivity index (χ2v) is 12.8. The predicted molar refractivity (Wildman–Crippen MR) is 143 cm³/mol. The minimum absolute atomic E-state index is 0.0432. The number of carbonyl (C=O) groups excluding carboxylic acids is 3. The molecule has 222 valence electrons. The number of likely N-dealkylation sites (tertiary alicyclic amines) is 1. The number of aromatic nitrogens is 1. The van der Waals surface area contributed by atoms with E-state index < -0.39 is 53.5 Å². The van der Waals surface area contributed by atoms with Gasteiger partial charge in [-0.25, -0.2) is 9.18 Å². The maximum atomic E-state index is 15.0. The summed E-state index contributed by atoms with van der Waals surface area (Å²) in [7, 11) is 0. The molecule has 2 aliphatic carbocycles. The van der Waals surface area contributed by atoms with Gasteiger partial charge in [0.25, 0.3) is 0 Å². The molecule has 4 aliphatic rings. The lowest BCUT2D eigenvalue weighted by Gasteiger charge is -2.37. The lowest BCUT2D eigenvalue weighted by atomic mass is 9.77. The first-order chi connectivity index (χ1) is 19.4. The molecule has 1 aromatic rings. The molecule has 0 spiro atoms. The van der Waals surface area contributed by atoms with Crippen molar-refractivity contribution in [1.29, 1.82) is 5.26 Å². The molecule has 5 rings (SSSR count). The van der Waals surface area contributed by atoms with Crippen LogP contribution in [0, 0.1) is 40.4 Å². The van der Waals surface area contributed by atoms with Crippen LogP contribution in [0.4, 0.5) is 9.18 Å². The zero-order chi connectivity index (χ0) is 29.6. The van der Waals surface area contributed by atoms with E-state index in [9.17, 15) is 19.6 Å². The van der Waals surface area contributed by atoms with E-state index >= 15 is 4.39 Å². The van der Waals surface area contributed by atoms with Gasteiger partial charge < -0.3 is 29.7 Å². The summed E-state index contributed by atoms with van der Waals surface area (Å²) < 4.78 is 31.6. The van der Waals surface area contributed by atoms with E-state index in [0.29, 0.717) is 36.5 Å². The Morgan fingerprint density at radius 2 is 1.88 bits per heavy atom. The summed E-state index contributed by atoms with van der Waals surface area (Å²) in [6.07, 6.45) is 1.85. The third-order valence-electron chi connectivity index (χ3n) is 8.74. The minimum atomic E-state index is -1.14. The number of pyridine rings is 1. The second-order valence-electron chi connectivity index (χ2n) is 12.8. The fraction of sp³-hybridized carbons (Fsp3) is 0.690. The fourth-order valence-electron chi connectivity index (χ4n) is 7.06. The van der Waals surface area contributed by atoms with E-state index in [1.807, 2.05) is 20.8 Å². The molecule has 1 saturated heterocycles. The normalized spacial score (nSPS) is 29.4. The number of alkyl halides is 1. The molecule has 0 aromatic carbocycles. The lowest BCUT2D eigenvalue weighted by molar-refractivity contribution is -0.143. The highest BCUT2D eigenvalue weighted by Crippen LogP contribution is 2.58. The number of alkyl carbamates (subject to hydrolysis) is 1. The number of ether oxygens (including phenoxy) is 3. The van der Waals surface area contributed by atoms with Crippen LogP contribution in [-0.4, -0.2) is 71.9 Å². The van der Waals surface area contributed by atoms with Gasteiger partial charge in [0, 0.05) is 12.7 Å². The van der Waals surface area contributed by atoms with Crippen molar-refractivity contribution in [3.05, 3.63) is 18.0 Å². The first kappa shape index (κ1) is 28.9. The van der Waals surface area contributed by atoms with Gasteiger partial charge in [0.15, 0.2) is 11.5 Å². The average Bonchev–Trinajstić information content (AvgIpc) is 3.59. The molecule has 41 heavy (non-hydrogen) atoms. The summed E-state index contributed by atoms with van der Waals surface area (Å²) in [5, 5.41) is 15.5. The first-order valence-corrected chi connectivity index (χ1v) is 14.3. The average molecular weight is 572 g/mol. The summed E-state index contributed by atoms with van der Waals surface area (Å²) in [5.41, 5.74) is -0.373. The van der Waals surface area contributed by atoms with Gasteiger partial charge in [-0.05, 0) is 55.8 Å². The molecule has 2 saturated carbocycles. The van der Waals surface area contributed by atoms with Crippen molar-refractivity contribution in [1.82, 2.24) is 20.5 Å². The molecule has 3 heterocycles.